The average molecular weight is 338 g/mol. The van der Waals surface area contributed by atoms with Crippen molar-refractivity contribution in [1.29, 1.82) is 0 Å². The molecule has 0 atom stereocenters. The number of carboxylic acids is 1. The van der Waals surface area contributed by atoms with Crippen LogP contribution in [-0.2, 0) is 9.59 Å². The third-order valence-electron chi connectivity index (χ3n) is 3.09. The molecule has 0 aliphatic carbocycles. The second kappa shape index (κ2) is 7.67. The molecule has 1 aromatic carbocycles. The summed E-state index contributed by atoms with van der Waals surface area (Å²) in [6, 6.07) is 2.55. The zero-order chi connectivity index (χ0) is 18.5. The third kappa shape index (κ3) is 4.87. The molecule has 0 fully saturated rings. The molecule has 0 bridgehead atoms. The first-order valence-corrected chi connectivity index (χ1v) is 7.17. The standard InChI is InChI=1S/C16H22N2O6/c1-16(2,3)15(22)17-8-12(19)18-10-6-9(14(20)21)7-11(23-4)13(10)24-5/h6-7H,8H2,1-5H3,(H,17,22)(H,18,19)(H,20,21). The normalized spacial score (nSPS) is 10.7. The van der Waals surface area contributed by atoms with Gasteiger partial charge in [0, 0.05) is 5.41 Å². The van der Waals surface area contributed by atoms with Crippen molar-refractivity contribution in [1.82, 2.24) is 5.32 Å². The van der Waals surface area contributed by atoms with Gasteiger partial charge in [0.05, 0.1) is 32.0 Å². The summed E-state index contributed by atoms with van der Waals surface area (Å²) >= 11 is 0. The molecule has 3 N–H and O–H groups in total. The molecule has 0 aliphatic heterocycles. The zero-order valence-corrected chi connectivity index (χ0v) is 14.4. The number of carboxylic acid groups (broad SMARTS) is 1. The van der Waals surface area contributed by atoms with E-state index in [9.17, 15) is 14.4 Å². The van der Waals surface area contributed by atoms with Crippen molar-refractivity contribution < 1.29 is 29.0 Å². The van der Waals surface area contributed by atoms with E-state index in [1.165, 1.54) is 26.4 Å². The van der Waals surface area contributed by atoms with Crippen LogP contribution in [0.3, 0.4) is 0 Å². The Hall–Kier alpha value is -2.77. The van der Waals surface area contributed by atoms with Gasteiger partial charge in [0.2, 0.25) is 11.8 Å². The van der Waals surface area contributed by atoms with Crippen LogP contribution in [0, 0.1) is 5.41 Å². The van der Waals surface area contributed by atoms with E-state index in [1.54, 1.807) is 20.8 Å². The Balaban J connectivity index is 2.96. The van der Waals surface area contributed by atoms with Crippen LogP contribution in [0.2, 0.25) is 0 Å². The molecule has 0 saturated heterocycles. The molecule has 0 unspecified atom stereocenters. The van der Waals surface area contributed by atoms with Crippen LogP contribution in [0.5, 0.6) is 11.5 Å². The first-order valence-electron chi connectivity index (χ1n) is 7.17. The molecule has 0 aromatic heterocycles. The zero-order valence-electron chi connectivity index (χ0n) is 14.4. The summed E-state index contributed by atoms with van der Waals surface area (Å²) in [4.78, 5) is 35.0. The Morgan fingerprint density at radius 2 is 1.75 bits per heavy atom. The SMILES string of the molecule is COc1cc(C(=O)O)cc(NC(=O)CNC(=O)C(C)(C)C)c1OC. The first-order chi connectivity index (χ1) is 11.1. The van der Waals surface area contributed by atoms with Crippen LogP contribution in [0.25, 0.3) is 0 Å². The van der Waals surface area contributed by atoms with Gasteiger partial charge in [-0.2, -0.15) is 0 Å². The van der Waals surface area contributed by atoms with Crippen molar-refractivity contribution in [3.8, 4) is 11.5 Å². The lowest BCUT2D eigenvalue weighted by atomic mass is 9.96. The summed E-state index contributed by atoms with van der Waals surface area (Å²) in [6.07, 6.45) is 0. The van der Waals surface area contributed by atoms with E-state index in [0.29, 0.717) is 0 Å². The molecule has 2 amide bonds. The summed E-state index contributed by atoms with van der Waals surface area (Å²) < 4.78 is 10.2. The molecule has 0 heterocycles. The van der Waals surface area contributed by atoms with Gasteiger partial charge in [-0.15, -0.1) is 0 Å². The van der Waals surface area contributed by atoms with Gasteiger partial charge in [0.15, 0.2) is 11.5 Å². The maximum absolute atomic E-state index is 12.0. The highest BCUT2D eigenvalue weighted by molar-refractivity contribution is 5.99. The minimum atomic E-state index is -1.17. The van der Waals surface area contributed by atoms with Crippen LogP contribution >= 0.6 is 0 Å². The van der Waals surface area contributed by atoms with Crippen LogP contribution in [0.4, 0.5) is 5.69 Å². The molecular formula is C16H22N2O6. The number of anilines is 1. The fourth-order valence-electron chi connectivity index (χ4n) is 1.80. The monoisotopic (exact) mass is 338 g/mol. The van der Waals surface area contributed by atoms with E-state index in [0.717, 1.165) is 0 Å². The number of nitrogens with one attached hydrogen (secondary N) is 2. The van der Waals surface area contributed by atoms with Gasteiger partial charge >= 0.3 is 5.97 Å². The molecule has 1 aromatic rings. The van der Waals surface area contributed by atoms with Crippen LogP contribution in [0.1, 0.15) is 31.1 Å². The summed E-state index contributed by atoms with van der Waals surface area (Å²) in [6.45, 7) is 4.93. The highest BCUT2D eigenvalue weighted by atomic mass is 16.5. The highest BCUT2D eigenvalue weighted by Crippen LogP contribution is 2.36. The topological polar surface area (TPSA) is 114 Å². The van der Waals surface area contributed by atoms with Crippen LogP contribution in [-0.4, -0.2) is 43.7 Å². The Bertz CT molecular complexity index is 649. The maximum Gasteiger partial charge on any atom is 0.335 e. The summed E-state index contributed by atoms with van der Waals surface area (Å²) in [5, 5.41) is 14.1. The summed E-state index contributed by atoms with van der Waals surface area (Å²) in [5.41, 5.74) is -0.546. The van der Waals surface area contributed by atoms with Crippen molar-refractivity contribution >= 4 is 23.5 Å². The number of hydrogen-bond donors (Lipinski definition) is 3. The molecule has 1 rings (SSSR count). The van der Waals surface area contributed by atoms with E-state index in [4.69, 9.17) is 14.6 Å². The molecule has 0 saturated carbocycles. The number of carbonyl (C=O) groups is 3. The van der Waals surface area contributed by atoms with Crippen molar-refractivity contribution in [2.75, 3.05) is 26.1 Å². The quantitative estimate of drug-likeness (QED) is 0.724. The second-order valence-corrected chi connectivity index (χ2v) is 6.05. The number of benzene rings is 1. The molecular weight excluding hydrogens is 316 g/mol. The third-order valence-corrected chi connectivity index (χ3v) is 3.09. The van der Waals surface area contributed by atoms with Gasteiger partial charge in [-0.25, -0.2) is 4.79 Å². The van der Waals surface area contributed by atoms with Crippen molar-refractivity contribution in [2.24, 2.45) is 5.41 Å². The van der Waals surface area contributed by atoms with Gasteiger partial charge in [-0.05, 0) is 12.1 Å². The molecule has 0 aliphatic rings. The molecule has 8 heteroatoms. The molecule has 24 heavy (non-hydrogen) atoms. The van der Waals surface area contributed by atoms with Crippen molar-refractivity contribution in [3.05, 3.63) is 17.7 Å². The van der Waals surface area contributed by atoms with E-state index in [-0.39, 0.29) is 35.2 Å². The predicted molar refractivity (Wildman–Crippen MR) is 87.6 cm³/mol. The fourth-order valence-corrected chi connectivity index (χ4v) is 1.80. The van der Waals surface area contributed by atoms with E-state index >= 15 is 0 Å². The Kier molecular flexibility index (Phi) is 6.16. The number of ether oxygens (including phenoxy) is 2. The van der Waals surface area contributed by atoms with Crippen LogP contribution < -0.4 is 20.1 Å². The van der Waals surface area contributed by atoms with Gasteiger partial charge in [-0.3, -0.25) is 9.59 Å². The van der Waals surface area contributed by atoms with E-state index in [2.05, 4.69) is 10.6 Å². The average Bonchev–Trinajstić information content (AvgIpc) is 2.50. The first kappa shape index (κ1) is 19.3. The number of rotatable bonds is 6. The Morgan fingerprint density at radius 3 is 2.21 bits per heavy atom. The largest absolute Gasteiger partial charge is 0.493 e. The van der Waals surface area contributed by atoms with Crippen LogP contribution in [0.15, 0.2) is 12.1 Å². The Labute approximate surface area is 140 Å². The summed E-state index contributed by atoms with van der Waals surface area (Å²) in [7, 11) is 2.73. The smallest absolute Gasteiger partial charge is 0.335 e. The van der Waals surface area contributed by atoms with E-state index in [1.807, 2.05) is 0 Å². The van der Waals surface area contributed by atoms with Crippen molar-refractivity contribution in [2.45, 2.75) is 20.8 Å². The van der Waals surface area contributed by atoms with Crippen molar-refractivity contribution in [3.63, 3.8) is 0 Å². The number of hydrogen-bond acceptors (Lipinski definition) is 5. The van der Waals surface area contributed by atoms with Gasteiger partial charge in [0.25, 0.3) is 0 Å². The number of amides is 2. The minimum Gasteiger partial charge on any atom is -0.493 e. The van der Waals surface area contributed by atoms with Gasteiger partial charge < -0.3 is 25.2 Å². The Morgan fingerprint density at radius 1 is 1.12 bits per heavy atom. The van der Waals surface area contributed by atoms with E-state index < -0.39 is 17.3 Å². The highest BCUT2D eigenvalue weighted by Gasteiger charge is 2.22. The second-order valence-electron chi connectivity index (χ2n) is 6.05. The summed E-state index contributed by atoms with van der Waals surface area (Å²) in [5.74, 6) is -1.60. The lowest BCUT2D eigenvalue weighted by Gasteiger charge is -2.18. The molecule has 132 valence electrons. The number of carbonyl (C=O) groups excluding carboxylic acids is 2. The van der Waals surface area contributed by atoms with Gasteiger partial charge in [0.1, 0.15) is 0 Å². The van der Waals surface area contributed by atoms with Gasteiger partial charge in [-0.1, -0.05) is 20.8 Å². The number of methoxy groups -OCH3 is 2. The molecule has 8 nitrogen and oxygen atoms in total. The lowest BCUT2D eigenvalue weighted by Crippen LogP contribution is -2.39. The molecule has 0 spiro atoms. The molecule has 0 radical (unpaired) electrons. The maximum atomic E-state index is 12.0. The predicted octanol–water partition coefficient (Wildman–Crippen LogP) is 1.50. The lowest BCUT2D eigenvalue weighted by molar-refractivity contribution is -0.130. The minimum absolute atomic E-state index is 0.0679. The number of aromatic carboxylic acids is 1. The fraction of sp³-hybridized carbons (Fsp3) is 0.438.